The number of aliphatic hydroxyl groups is 1. The number of carbonyl (C=O) groups is 1. The average molecular weight is 402 g/mol. The summed E-state index contributed by atoms with van der Waals surface area (Å²) in [6.07, 6.45) is 5.25. The summed E-state index contributed by atoms with van der Waals surface area (Å²) in [7, 11) is 0. The Balaban J connectivity index is 0.00000300. The van der Waals surface area contributed by atoms with Gasteiger partial charge >= 0.3 is 0 Å². The number of halogens is 1. The van der Waals surface area contributed by atoms with E-state index in [0.29, 0.717) is 0 Å². The second kappa shape index (κ2) is 10.7. The minimum absolute atomic E-state index is 0. The molecule has 1 atom stereocenters. The maximum Gasteiger partial charge on any atom is 0.276 e. The summed E-state index contributed by atoms with van der Waals surface area (Å²) in [5.41, 5.74) is 2.76. The highest BCUT2D eigenvalue weighted by molar-refractivity contribution is 5.93. The predicted molar refractivity (Wildman–Crippen MR) is 110 cm³/mol. The van der Waals surface area contributed by atoms with Gasteiger partial charge in [-0.05, 0) is 29.8 Å². The third kappa shape index (κ3) is 5.83. The van der Waals surface area contributed by atoms with Gasteiger partial charge in [0.1, 0.15) is 11.6 Å². The molecule has 3 N–H and O–H groups in total. The van der Waals surface area contributed by atoms with Gasteiger partial charge in [-0.2, -0.15) is 0 Å². The quantitative estimate of drug-likeness (QED) is 0.507. The van der Waals surface area contributed by atoms with E-state index in [1.54, 1.807) is 29.7 Å². The molecule has 0 aliphatic carbocycles. The zero-order valence-corrected chi connectivity index (χ0v) is 15.3. The Morgan fingerprint density at radius 2 is 1.86 bits per heavy atom. The molecule has 1 aliphatic heterocycles. The summed E-state index contributed by atoms with van der Waals surface area (Å²) in [6.45, 7) is 2.97. The van der Waals surface area contributed by atoms with Crippen LogP contribution in [0.15, 0.2) is 48.7 Å². The predicted octanol–water partition coefficient (Wildman–Crippen LogP) is 2.17. The molecule has 1 aromatic carbocycles. The fourth-order valence-electron chi connectivity index (χ4n) is 3.15. The highest BCUT2D eigenvalue weighted by Gasteiger charge is 2.22. The summed E-state index contributed by atoms with van der Waals surface area (Å²) < 4.78 is 13.0. The van der Waals surface area contributed by atoms with Crippen molar-refractivity contribution in [2.75, 3.05) is 37.7 Å². The number of anilines is 1. The maximum absolute atomic E-state index is 13.0. The summed E-state index contributed by atoms with van der Waals surface area (Å²) in [6, 6.07) is 9.47. The average Bonchev–Trinajstić information content (AvgIpc) is 2.75. The second-order valence-corrected chi connectivity index (χ2v) is 6.53. The molecule has 0 radical (unpaired) electrons. The van der Waals surface area contributed by atoms with Gasteiger partial charge in [0.25, 0.3) is 5.91 Å². The summed E-state index contributed by atoms with van der Waals surface area (Å²) in [4.78, 5) is 19.9. The Morgan fingerprint density at radius 3 is 2.41 bits per heavy atom. The number of nitrogens with zero attached hydrogens (tertiary/aromatic N) is 3. The number of nitrogens with one attached hydrogen (secondary N) is 1. The van der Waals surface area contributed by atoms with Gasteiger partial charge in [-0.25, -0.2) is 14.9 Å². The van der Waals surface area contributed by atoms with Crippen LogP contribution in [-0.2, 0) is 0 Å². The lowest BCUT2D eigenvalue weighted by molar-refractivity contribution is 0.0706. The number of pyridine rings is 1. The molecule has 7 nitrogen and oxygen atoms in total. The van der Waals surface area contributed by atoms with Crippen LogP contribution in [0.4, 0.5) is 10.2 Å². The van der Waals surface area contributed by atoms with Crippen molar-refractivity contribution in [2.24, 2.45) is 0 Å². The minimum Gasteiger partial charge on any atom is -0.394 e. The second-order valence-electron chi connectivity index (χ2n) is 6.53. The van der Waals surface area contributed by atoms with Crippen molar-refractivity contribution in [3.8, 4) is 0 Å². The number of amides is 1. The van der Waals surface area contributed by atoms with Crippen LogP contribution < -0.4 is 10.4 Å². The Morgan fingerprint density at radius 1 is 1.17 bits per heavy atom. The number of aliphatic hydroxyl groups excluding tert-OH is 1. The molecule has 1 aromatic heterocycles. The van der Waals surface area contributed by atoms with Crippen LogP contribution in [0.2, 0.25) is 0 Å². The maximum atomic E-state index is 13.0. The van der Waals surface area contributed by atoms with E-state index in [0.717, 1.165) is 37.6 Å². The molecule has 2 aromatic rings. The summed E-state index contributed by atoms with van der Waals surface area (Å²) in [5, 5.41) is 18.4. The van der Waals surface area contributed by atoms with Crippen molar-refractivity contribution in [1.29, 1.82) is 0 Å². The van der Waals surface area contributed by atoms with Gasteiger partial charge in [-0.3, -0.25) is 14.9 Å². The number of hydroxylamine groups is 1. The van der Waals surface area contributed by atoms with Crippen molar-refractivity contribution in [1.82, 2.24) is 15.4 Å². The Kier molecular flexibility index (Phi) is 8.26. The largest absolute Gasteiger partial charge is 0.394 e. The normalized spacial score (nSPS) is 15.8. The molecule has 1 amide bonds. The molecule has 0 spiro atoms. The Hall–Kier alpha value is -2.81. The van der Waals surface area contributed by atoms with Crippen molar-refractivity contribution < 1.29 is 19.5 Å². The molecule has 3 rings (SSSR count). The molecule has 1 saturated heterocycles. The van der Waals surface area contributed by atoms with Crippen LogP contribution in [-0.4, -0.2) is 64.9 Å². The van der Waals surface area contributed by atoms with Crippen LogP contribution in [0, 0.1) is 5.82 Å². The standard InChI is InChI=1S/C20H23FN4O3.CH4/c21-17-5-1-15(2-6-17)3-7-18(14-26)24-9-11-25(12-10-24)19-8-4-16(13-22-19)20(27)23-28;/h1-8,13,18,26,28H,9-12,14H2,(H,23,27);1H4/b7-3+;. The fourth-order valence-corrected chi connectivity index (χ4v) is 3.15. The minimum atomic E-state index is -0.595. The monoisotopic (exact) mass is 402 g/mol. The number of aromatic nitrogens is 1. The SMILES string of the molecule is C.O=C(NO)c1ccc(N2CCN(C(/C=C/c3ccc(F)cc3)CO)CC2)nc1. The van der Waals surface area contributed by atoms with E-state index in [4.69, 9.17) is 5.21 Å². The highest BCUT2D eigenvalue weighted by Crippen LogP contribution is 2.16. The first-order chi connectivity index (χ1) is 13.6. The zero-order valence-electron chi connectivity index (χ0n) is 15.3. The van der Waals surface area contributed by atoms with E-state index in [1.807, 2.05) is 12.2 Å². The van der Waals surface area contributed by atoms with E-state index < -0.39 is 5.91 Å². The van der Waals surface area contributed by atoms with Crippen LogP contribution >= 0.6 is 0 Å². The molecule has 0 saturated carbocycles. The fraction of sp³-hybridized carbons (Fsp3) is 0.333. The first kappa shape index (κ1) is 22.5. The molecule has 156 valence electrons. The van der Waals surface area contributed by atoms with Crippen molar-refractivity contribution in [3.05, 3.63) is 65.6 Å². The lowest BCUT2D eigenvalue weighted by atomic mass is 10.1. The van der Waals surface area contributed by atoms with E-state index >= 15 is 0 Å². The van der Waals surface area contributed by atoms with Gasteiger partial charge in [0.05, 0.1) is 18.2 Å². The van der Waals surface area contributed by atoms with Gasteiger partial charge in [-0.15, -0.1) is 0 Å². The summed E-state index contributed by atoms with van der Waals surface area (Å²) in [5.74, 6) is -0.107. The third-order valence-electron chi connectivity index (χ3n) is 4.79. The van der Waals surface area contributed by atoms with Crippen LogP contribution in [0.1, 0.15) is 23.3 Å². The molecule has 1 fully saturated rings. The van der Waals surface area contributed by atoms with Crippen molar-refractivity contribution in [3.63, 3.8) is 0 Å². The van der Waals surface area contributed by atoms with Crippen molar-refractivity contribution >= 4 is 17.8 Å². The topological polar surface area (TPSA) is 88.9 Å². The first-order valence-electron chi connectivity index (χ1n) is 9.05. The van der Waals surface area contributed by atoms with Gasteiger partial charge in [-0.1, -0.05) is 31.7 Å². The number of piperazine rings is 1. The van der Waals surface area contributed by atoms with E-state index in [-0.39, 0.29) is 31.5 Å². The van der Waals surface area contributed by atoms with Gasteiger partial charge in [0.15, 0.2) is 0 Å². The lowest BCUT2D eigenvalue weighted by Crippen LogP contribution is -2.51. The van der Waals surface area contributed by atoms with Crippen LogP contribution in [0.5, 0.6) is 0 Å². The molecule has 8 heteroatoms. The molecular formula is C21H27FN4O3. The van der Waals surface area contributed by atoms with E-state index in [9.17, 15) is 14.3 Å². The van der Waals surface area contributed by atoms with Gasteiger partial charge in [0, 0.05) is 32.4 Å². The molecule has 1 aliphatic rings. The summed E-state index contributed by atoms with van der Waals surface area (Å²) >= 11 is 0. The highest BCUT2D eigenvalue weighted by atomic mass is 19.1. The van der Waals surface area contributed by atoms with Gasteiger partial charge in [0.2, 0.25) is 0 Å². The molecule has 0 bridgehead atoms. The molecular weight excluding hydrogens is 375 g/mol. The zero-order chi connectivity index (χ0) is 19.9. The number of benzene rings is 1. The van der Waals surface area contributed by atoms with E-state index in [2.05, 4.69) is 14.8 Å². The molecule has 1 unspecified atom stereocenters. The van der Waals surface area contributed by atoms with E-state index in [1.165, 1.54) is 18.3 Å². The van der Waals surface area contributed by atoms with Crippen molar-refractivity contribution in [2.45, 2.75) is 13.5 Å². The van der Waals surface area contributed by atoms with Crippen LogP contribution in [0.3, 0.4) is 0 Å². The number of hydrogen-bond donors (Lipinski definition) is 3. The van der Waals surface area contributed by atoms with Crippen LogP contribution in [0.25, 0.3) is 6.08 Å². The lowest BCUT2D eigenvalue weighted by Gasteiger charge is -2.38. The molecule has 29 heavy (non-hydrogen) atoms. The Labute approximate surface area is 170 Å². The third-order valence-corrected chi connectivity index (χ3v) is 4.79. The molecule has 2 heterocycles. The number of carbonyl (C=O) groups excluding carboxylic acids is 1. The Bertz CT molecular complexity index is 804. The smallest absolute Gasteiger partial charge is 0.276 e. The first-order valence-corrected chi connectivity index (χ1v) is 9.05. The number of hydrogen-bond acceptors (Lipinski definition) is 6. The number of rotatable bonds is 6. The van der Waals surface area contributed by atoms with Gasteiger partial charge < -0.3 is 10.0 Å².